The van der Waals surface area contributed by atoms with Crippen molar-refractivity contribution in [3.05, 3.63) is 0 Å². The fraction of sp³-hybridized carbons (Fsp3) is 0.750. The van der Waals surface area contributed by atoms with Crippen molar-refractivity contribution in [2.75, 3.05) is 26.2 Å². The first-order valence-electron chi connectivity index (χ1n) is 3.60. The first-order chi connectivity index (χ1) is 4.83. The van der Waals surface area contributed by atoms with E-state index in [0.29, 0.717) is 6.10 Å². The van der Waals surface area contributed by atoms with E-state index in [0.717, 1.165) is 26.2 Å². The Bertz CT molecular complexity index is 139. The van der Waals surface area contributed by atoms with Crippen molar-refractivity contribution in [3.63, 3.8) is 0 Å². The molecule has 1 rings (SSSR count). The van der Waals surface area contributed by atoms with Crippen molar-refractivity contribution in [1.29, 1.82) is 0 Å². The minimum absolute atomic E-state index is 0.349. The Morgan fingerprint density at radius 2 is 2.60 bits per heavy atom. The summed E-state index contributed by atoms with van der Waals surface area (Å²) >= 11 is 0. The average molecular weight is 139 g/mol. The third-order valence-corrected chi connectivity index (χ3v) is 1.64. The summed E-state index contributed by atoms with van der Waals surface area (Å²) < 4.78 is 5.34. The molecule has 0 saturated carbocycles. The minimum Gasteiger partial charge on any atom is -0.376 e. The fourth-order valence-corrected chi connectivity index (χ4v) is 1.16. The summed E-state index contributed by atoms with van der Waals surface area (Å²) in [7, 11) is 0. The van der Waals surface area contributed by atoms with Gasteiger partial charge in [-0.1, -0.05) is 5.92 Å². The molecular formula is C8H13NO. The maximum absolute atomic E-state index is 5.34. The van der Waals surface area contributed by atoms with Crippen LogP contribution >= 0.6 is 0 Å². The summed E-state index contributed by atoms with van der Waals surface area (Å²) in [5.41, 5.74) is 0. The van der Waals surface area contributed by atoms with Gasteiger partial charge in [0.25, 0.3) is 0 Å². The zero-order chi connectivity index (χ0) is 7.40. The molecule has 0 amide bonds. The van der Waals surface area contributed by atoms with E-state index in [4.69, 9.17) is 11.2 Å². The third-order valence-electron chi connectivity index (χ3n) is 1.64. The summed E-state index contributed by atoms with van der Waals surface area (Å²) in [6.45, 7) is 5.61. The van der Waals surface area contributed by atoms with Crippen LogP contribution in [-0.2, 0) is 4.74 Å². The number of ether oxygens (including phenoxy) is 1. The van der Waals surface area contributed by atoms with Gasteiger partial charge < -0.3 is 4.74 Å². The lowest BCUT2D eigenvalue weighted by atomic mass is 10.3. The molecule has 0 aromatic heterocycles. The van der Waals surface area contributed by atoms with E-state index in [2.05, 4.69) is 17.7 Å². The molecule has 1 heterocycles. The molecule has 0 aliphatic carbocycles. The van der Waals surface area contributed by atoms with Gasteiger partial charge in [0.05, 0.1) is 19.3 Å². The Hall–Kier alpha value is -0.520. The molecule has 2 heteroatoms. The van der Waals surface area contributed by atoms with E-state index < -0.39 is 0 Å². The van der Waals surface area contributed by atoms with Crippen LogP contribution in [0.15, 0.2) is 0 Å². The molecule has 0 spiro atoms. The lowest BCUT2D eigenvalue weighted by Crippen LogP contribution is -2.41. The van der Waals surface area contributed by atoms with Gasteiger partial charge in [0.2, 0.25) is 0 Å². The maximum Gasteiger partial charge on any atom is 0.0674 e. The monoisotopic (exact) mass is 139 g/mol. The van der Waals surface area contributed by atoms with Gasteiger partial charge in [0.15, 0.2) is 0 Å². The SMILES string of the molecule is C#CCN1CCOC(C)C1. The lowest BCUT2D eigenvalue weighted by Gasteiger charge is -2.29. The molecule has 10 heavy (non-hydrogen) atoms. The number of hydrogen-bond donors (Lipinski definition) is 0. The number of terminal acetylenes is 1. The van der Waals surface area contributed by atoms with Gasteiger partial charge in [0, 0.05) is 13.1 Å². The average Bonchev–Trinajstić information content (AvgIpc) is 1.88. The van der Waals surface area contributed by atoms with Crippen molar-refractivity contribution >= 4 is 0 Å². The lowest BCUT2D eigenvalue weighted by molar-refractivity contribution is -0.0133. The second-order valence-corrected chi connectivity index (χ2v) is 2.62. The van der Waals surface area contributed by atoms with Gasteiger partial charge in [-0.15, -0.1) is 6.42 Å². The second kappa shape index (κ2) is 3.60. The fourth-order valence-electron chi connectivity index (χ4n) is 1.16. The van der Waals surface area contributed by atoms with E-state index in [1.54, 1.807) is 0 Å². The molecule has 1 aliphatic rings. The first kappa shape index (κ1) is 7.59. The number of morpholine rings is 1. The predicted molar refractivity (Wildman–Crippen MR) is 40.7 cm³/mol. The van der Waals surface area contributed by atoms with Crippen LogP contribution in [0, 0.1) is 12.3 Å². The van der Waals surface area contributed by atoms with Crippen LogP contribution in [-0.4, -0.2) is 37.2 Å². The summed E-state index contributed by atoms with van der Waals surface area (Å²) in [6.07, 6.45) is 5.52. The van der Waals surface area contributed by atoms with Crippen LogP contribution in [0.4, 0.5) is 0 Å². The summed E-state index contributed by atoms with van der Waals surface area (Å²) in [6, 6.07) is 0. The molecule has 0 aromatic carbocycles. The molecule has 0 N–H and O–H groups in total. The molecule has 1 saturated heterocycles. The van der Waals surface area contributed by atoms with E-state index in [9.17, 15) is 0 Å². The quantitative estimate of drug-likeness (QED) is 0.486. The Kier molecular flexibility index (Phi) is 2.73. The molecule has 0 radical (unpaired) electrons. The zero-order valence-electron chi connectivity index (χ0n) is 6.34. The third kappa shape index (κ3) is 2.02. The molecule has 0 aromatic rings. The van der Waals surface area contributed by atoms with Crippen LogP contribution < -0.4 is 0 Å². The molecule has 1 aliphatic heterocycles. The summed E-state index contributed by atoms with van der Waals surface area (Å²) in [5.74, 6) is 2.63. The maximum atomic E-state index is 5.34. The molecule has 1 unspecified atom stereocenters. The van der Waals surface area contributed by atoms with Gasteiger partial charge in [-0.3, -0.25) is 4.90 Å². The van der Waals surface area contributed by atoms with E-state index in [1.165, 1.54) is 0 Å². The van der Waals surface area contributed by atoms with Gasteiger partial charge in [0.1, 0.15) is 0 Å². The highest BCUT2D eigenvalue weighted by Crippen LogP contribution is 2.02. The van der Waals surface area contributed by atoms with Gasteiger partial charge in [-0.25, -0.2) is 0 Å². The molecular weight excluding hydrogens is 126 g/mol. The Balaban J connectivity index is 2.27. The topological polar surface area (TPSA) is 12.5 Å². The van der Waals surface area contributed by atoms with Crippen LogP contribution in [0.2, 0.25) is 0 Å². The van der Waals surface area contributed by atoms with E-state index >= 15 is 0 Å². The standard InChI is InChI=1S/C8H13NO/c1-3-4-9-5-6-10-8(2)7-9/h1,8H,4-7H2,2H3. The number of hydrogen-bond acceptors (Lipinski definition) is 2. The highest BCUT2D eigenvalue weighted by molar-refractivity contribution is 4.89. The number of rotatable bonds is 1. The number of nitrogens with zero attached hydrogens (tertiary/aromatic N) is 1. The van der Waals surface area contributed by atoms with Gasteiger partial charge in [-0.05, 0) is 6.92 Å². The van der Waals surface area contributed by atoms with Crippen LogP contribution in [0.3, 0.4) is 0 Å². The first-order valence-corrected chi connectivity index (χ1v) is 3.60. The highest BCUT2D eigenvalue weighted by Gasteiger charge is 2.14. The molecule has 1 fully saturated rings. The molecule has 0 bridgehead atoms. The van der Waals surface area contributed by atoms with Crippen molar-refractivity contribution in [1.82, 2.24) is 4.90 Å². The van der Waals surface area contributed by atoms with Crippen molar-refractivity contribution in [3.8, 4) is 12.3 Å². The largest absolute Gasteiger partial charge is 0.376 e. The van der Waals surface area contributed by atoms with E-state index in [-0.39, 0.29) is 0 Å². The predicted octanol–water partition coefficient (Wildman–Crippen LogP) is 0.340. The normalized spacial score (nSPS) is 27.8. The Morgan fingerprint density at radius 1 is 1.80 bits per heavy atom. The van der Waals surface area contributed by atoms with Crippen molar-refractivity contribution in [2.24, 2.45) is 0 Å². The summed E-state index contributed by atoms with van der Waals surface area (Å²) in [4.78, 5) is 2.23. The minimum atomic E-state index is 0.349. The van der Waals surface area contributed by atoms with Gasteiger partial charge >= 0.3 is 0 Å². The van der Waals surface area contributed by atoms with Crippen LogP contribution in [0.5, 0.6) is 0 Å². The van der Waals surface area contributed by atoms with E-state index in [1.807, 2.05) is 0 Å². The van der Waals surface area contributed by atoms with Crippen molar-refractivity contribution in [2.45, 2.75) is 13.0 Å². The van der Waals surface area contributed by atoms with Crippen molar-refractivity contribution < 1.29 is 4.74 Å². The second-order valence-electron chi connectivity index (χ2n) is 2.62. The highest BCUT2D eigenvalue weighted by atomic mass is 16.5. The Morgan fingerprint density at radius 3 is 3.20 bits per heavy atom. The molecule has 56 valence electrons. The van der Waals surface area contributed by atoms with Crippen LogP contribution in [0.1, 0.15) is 6.92 Å². The van der Waals surface area contributed by atoms with Gasteiger partial charge in [-0.2, -0.15) is 0 Å². The van der Waals surface area contributed by atoms with Crippen LogP contribution in [0.25, 0.3) is 0 Å². The zero-order valence-corrected chi connectivity index (χ0v) is 6.34. The smallest absolute Gasteiger partial charge is 0.0674 e. The molecule has 2 nitrogen and oxygen atoms in total. The summed E-state index contributed by atoms with van der Waals surface area (Å²) in [5, 5.41) is 0. The Labute approximate surface area is 62.2 Å². The molecule has 1 atom stereocenters.